The summed E-state index contributed by atoms with van der Waals surface area (Å²) in [6.45, 7) is 6.05. The molecule has 0 aromatic carbocycles. The van der Waals surface area contributed by atoms with Crippen LogP contribution in [-0.2, 0) is 4.79 Å². The molecule has 1 heterocycles. The predicted molar refractivity (Wildman–Crippen MR) is 63.0 cm³/mol. The molecular formula is C12H22N2O. The number of nitrogens with zero attached hydrogens (tertiary/aromatic N) is 2. The summed E-state index contributed by atoms with van der Waals surface area (Å²) in [6, 6.07) is 0. The van der Waals surface area contributed by atoms with Gasteiger partial charge in [-0.05, 0) is 12.8 Å². The van der Waals surface area contributed by atoms with Crippen molar-refractivity contribution in [3.8, 4) is 0 Å². The lowest BCUT2D eigenvalue weighted by Crippen LogP contribution is -2.38. The molecule has 0 radical (unpaired) electrons. The first-order valence-corrected chi connectivity index (χ1v) is 6.06. The summed E-state index contributed by atoms with van der Waals surface area (Å²) in [5.41, 5.74) is -0.333. The van der Waals surface area contributed by atoms with E-state index in [4.69, 9.17) is 0 Å². The van der Waals surface area contributed by atoms with Crippen LogP contribution in [0.25, 0.3) is 0 Å². The van der Waals surface area contributed by atoms with Gasteiger partial charge in [0.25, 0.3) is 5.91 Å². The molecule has 1 saturated carbocycles. The van der Waals surface area contributed by atoms with Crippen LogP contribution in [-0.4, -0.2) is 29.2 Å². The Morgan fingerprint density at radius 1 is 1.33 bits per heavy atom. The molecule has 3 heteroatoms. The van der Waals surface area contributed by atoms with Gasteiger partial charge in [-0.2, -0.15) is 0 Å². The Labute approximate surface area is 92.6 Å². The molecule has 2 rings (SSSR count). The van der Waals surface area contributed by atoms with Crippen LogP contribution < -0.4 is 0 Å². The largest absolute Gasteiger partial charge is 0.302 e. The van der Waals surface area contributed by atoms with Crippen molar-refractivity contribution < 1.29 is 4.79 Å². The van der Waals surface area contributed by atoms with E-state index in [1.807, 2.05) is 20.9 Å². The number of amidine groups is 1. The highest BCUT2D eigenvalue weighted by molar-refractivity contribution is 6.07. The predicted octanol–water partition coefficient (Wildman–Crippen LogP) is 2.61. The number of hydrogen-bond donors (Lipinski definition) is 0. The molecule has 1 amide bonds. The van der Waals surface area contributed by atoms with Gasteiger partial charge in [0.2, 0.25) is 0 Å². The normalized spacial score (nSPS) is 22.8. The van der Waals surface area contributed by atoms with E-state index in [1.54, 1.807) is 4.90 Å². The molecule has 0 saturated heterocycles. The SMILES string of the molecule is CC.CCC1=NC2(CCCC2)C(=O)N1C. The van der Waals surface area contributed by atoms with Crippen LogP contribution in [0, 0.1) is 0 Å². The average molecular weight is 210 g/mol. The summed E-state index contributed by atoms with van der Waals surface area (Å²) in [6.07, 6.45) is 5.09. The molecule has 15 heavy (non-hydrogen) atoms. The summed E-state index contributed by atoms with van der Waals surface area (Å²) in [5.74, 6) is 1.19. The first-order chi connectivity index (χ1) is 7.19. The maximum absolute atomic E-state index is 11.9. The lowest BCUT2D eigenvalue weighted by molar-refractivity contribution is -0.130. The summed E-state index contributed by atoms with van der Waals surface area (Å²) >= 11 is 0. The smallest absolute Gasteiger partial charge is 0.255 e. The van der Waals surface area contributed by atoms with Gasteiger partial charge in [-0.1, -0.05) is 33.6 Å². The van der Waals surface area contributed by atoms with E-state index in [9.17, 15) is 4.79 Å². The lowest BCUT2D eigenvalue weighted by Gasteiger charge is -2.18. The van der Waals surface area contributed by atoms with Gasteiger partial charge in [0.15, 0.2) is 0 Å². The monoisotopic (exact) mass is 210 g/mol. The van der Waals surface area contributed by atoms with Crippen molar-refractivity contribution in [2.24, 2.45) is 4.99 Å². The number of hydrogen-bond acceptors (Lipinski definition) is 2. The van der Waals surface area contributed by atoms with Gasteiger partial charge >= 0.3 is 0 Å². The highest BCUT2D eigenvalue weighted by Gasteiger charge is 2.47. The molecule has 3 nitrogen and oxygen atoms in total. The first-order valence-electron chi connectivity index (χ1n) is 6.06. The molecule has 0 aromatic heterocycles. The van der Waals surface area contributed by atoms with Crippen LogP contribution in [0.5, 0.6) is 0 Å². The van der Waals surface area contributed by atoms with Gasteiger partial charge < -0.3 is 4.90 Å². The van der Waals surface area contributed by atoms with Gasteiger partial charge in [0.1, 0.15) is 11.4 Å². The molecule has 86 valence electrons. The van der Waals surface area contributed by atoms with E-state index in [0.29, 0.717) is 0 Å². The minimum Gasteiger partial charge on any atom is -0.302 e. The lowest BCUT2D eigenvalue weighted by atomic mass is 9.98. The number of carbonyl (C=O) groups excluding carboxylic acids is 1. The Morgan fingerprint density at radius 3 is 2.27 bits per heavy atom. The zero-order chi connectivity index (χ0) is 11.5. The third-order valence-corrected chi connectivity index (χ3v) is 3.18. The minimum absolute atomic E-state index is 0.224. The van der Waals surface area contributed by atoms with Crippen molar-refractivity contribution in [3.63, 3.8) is 0 Å². The van der Waals surface area contributed by atoms with Crippen LogP contribution in [0.1, 0.15) is 52.9 Å². The second-order valence-electron chi connectivity index (χ2n) is 3.98. The average Bonchev–Trinajstić information content (AvgIpc) is 2.84. The van der Waals surface area contributed by atoms with Gasteiger partial charge in [0.05, 0.1) is 0 Å². The molecule has 1 spiro atoms. The number of amides is 1. The van der Waals surface area contributed by atoms with E-state index in [0.717, 1.165) is 37.9 Å². The zero-order valence-corrected chi connectivity index (χ0v) is 10.3. The standard InChI is InChI=1S/C10H16N2O.C2H6/c1-3-8-11-10(6-4-5-7-10)9(13)12(8)2;1-2/h3-7H2,1-2H3;1-2H3. The Kier molecular flexibility index (Phi) is 3.89. The molecule has 1 aliphatic heterocycles. The molecular weight excluding hydrogens is 188 g/mol. The molecule has 0 atom stereocenters. The zero-order valence-electron chi connectivity index (χ0n) is 10.3. The van der Waals surface area contributed by atoms with E-state index in [1.165, 1.54) is 0 Å². The Balaban J connectivity index is 0.000000531. The van der Waals surface area contributed by atoms with Crippen molar-refractivity contribution in [2.75, 3.05) is 7.05 Å². The minimum atomic E-state index is -0.333. The van der Waals surface area contributed by atoms with E-state index in [-0.39, 0.29) is 11.4 Å². The van der Waals surface area contributed by atoms with Crippen molar-refractivity contribution in [1.29, 1.82) is 0 Å². The summed E-state index contributed by atoms with van der Waals surface area (Å²) in [7, 11) is 1.84. The summed E-state index contributed by atoms with van der Waals surface area (Å²) in [5, 5.41) is 0. The van der Waals surface area contributed by atoms with Gasteiger partial charge in [0, 0.05) is 13.5 Å². The van der Waals surface area contributed by atoms with Crippen molar-refractivity contribution in [2.45, 2.75) is 58.4 Å². The third kappa shape index (κ3) is 1.92. The van der Waals surface area contributed by atoms with Crippen LogP contribution >= 0.6 is 0 Å². The first kappa shape index (κ1) is 12.2. The van der Waals surface area contributed by atoms with Crippen LogP contribution in [0.15, 0.2) is 4.99 Å². The molecule has 2 aliphatic rings. The van der Waals surface area contributed by atoms with E-state index < -0.39 is 0 Å². The molecule has 0 N–H and O–H groups in total. The molecule has 0 aromatic rings. The Hall–Kier alpha value is -0.860. The van der Waals surface area contributed by atoms with Crippen molar-refractivity contribution in [1.82, 2.24) is 4.90 Å². The van der Waals surface area contributed by atoms with E-state index in [2.05, 4.69) is 11.9 Å². The van der Waals surface area contributed by atoms with Crippen LogP contribution in [0.3, 0.4) is 0 Å². The third-order valence-electron chi connectivity index (χ3n) is 3.18. The highest BCUT2D eigenvalue weighted by atomic mass is 16.2. The van der Waals surface area contributed by atoms with Crippen LogP contribution in [0.4, 0.5) is 0 Å². The second-order valence-corrected chi connectivity index (χ2v) is 3.98. The molecule has 1 aliphatic carbocycles. The Morgan fingerprint density at radius 2 is 1.87 bits per heavy atom. The molecule has 1 fully saturated rings. The summed E-state index contributed by atoms with van der Waals surface area (Å²) < 4.78 is 0. The maximum Gasteiger partial charge on any atom is 0.255 e. The van der Waals surface area contributed by atoms with Crippen molar-refractivity contribution >= 4 is 11.7 Å². The molecule has 0 unspecified atom stereocenters. The van der Waals surface area contributed by atoms with Gasteiger partial charge in [-0.15, -0.1) is 0 Å². The summed E-state index contributed by atoms with van der Waals surface area (Å²) in [4.78, 5) is 18.2. The fourth-order valence-corrected chi connectivity index (χ4v) is 2.40. The Bertz CT molecular complexity index is 265. The van der Waals surface area contributed by atoms with Crippen LogP contribution in [0.2, 0.25) is 0 Å². The number of likely N-dealkylation sites (N-methyl/N-ethyl adjacent to an activating group) is 1. The topological polar surface area (TPSA) is 32.7 Å². The number of aliphatic imine (C=N–C) groups is 1. The molecule has 0 bridgehead atoms. The quantitative estimate of drug-likeness (QED) is 0.654. The van der Waals surface area contributed by atoms with Gasteiger partial charge in [-0.3, -0.25) is 9.79 Å². The fourth-order valence-electron chi connectivity index (χ4n) is 2.40. The second kappa shape index (κ2) is 4.77. The maximum atomic E-state index is 11.9. The van der Waals surface area contributed by atoms with E-state index >= 15 is 0 Å². The number of rotatable bonds is 1. The van der Waals surface area contributed by atoms with Gasteiger partial charge in [-0.25, -0.2) is 0 Å². The highest BCUT2D eigenvalue weighted by Crippen LogP contribution is 2.38. The van der Waals surface area contributed by atoms with Crippen molar-refractivity contribution in [3.05, 3.63) is 0 Å². The number of carbonyl (C=O) groups is 1. The fraction of sp³-hybridized carbons (Fsp3) is 0.833.